The van der Waals surface area contributed by atoms with Crippen LogP contribution in [-0.4, -0.2) is 94.1 Å². The van der Waals surface area contributed by atoms with Crippen molar-refractivity contribution in [2.75, 3.05) is 39.3 Å². The van der Waals surface area contributed by atoms with Crippen LogP contribution < -0.4 is 0 Å². The van der Waals surface area contributed by atoms with Crippen LogP contribution in [0, 0.1) is 11.8 Å². The van der Waals surface area contributed by atoms with Crippen molar-refractivity contribution >= 4 is 17.7 Å². The molecular formula is C27H41N3O5. The summed E-state index contributed by atoms with van der Waals surface area (Å²) in [6, 6.07) is -0.802. The molecule has 8 heteroatoms. The van der Waals surface area contributed by atoms with Gasteiger partial charge in [0, 0.05) is 39.3 Å². The van der Waals surface area contributed by atoms with E-state index in [1.807, 2.05) is 48.0 Å². The van der Waals surface area contributed by atoms with Crippen molar-refractivity contribution in [2.24, 2.45) is 11.8 Å². The molecule has 4 heterocycles. The Morgan fingerprint density at radius 1 is 0.857 bits per heavy atom. The maximum atomic E-state index is 14.1. The fraction of sp³-hybridized carbons (Fsp3) is 0.741. The lowest BCUT2D eigenvalue weighted by molar-refractivity contribution is -0.152. The zero-order valence-electron chi connectivity index (χ0n) is 21.4. The highest BCUT2D eigenvalue weighted by molar-refractivity contribution is 6.00. The molecule has 1 N–H and O–H groups in total. The largest absolute Gasteiger partial charge is 0.396 e. The number of hydrogen-bond donors (Lipinski definition) is 1. The van der Waals surface area contributed by atoms with E-state index in [-0.39, 0.29) is 24.3 Å². The highest BCUT2D eigenvalue weighted by Crippen LogP contribution is 2.57. The summed E-state index contributed by atoms with van der Waals surface area (Å²) in [5, 5.41) is 9.32. The Morgan fingerprint density at radius 2 is 1.54 bits per heavy atom. The monoisotopic (exact) mass is 487 g/mol. The molecule has 0 bridgehead atoms. The molecule has 8 nitrogen and oxygen atoms in total. The van der Waals surface area contributed by atoms with Gasteiger partial charge in [0.25, 0.3) is 0 Å². The van der Waals surface area contributed by atoms with Crippen molar-refractivity contribution in [1.29, 1.82) is 0 Å². The number of fused-ring (bicyclic) bond motifs is 2. The molecule has 4 aliphatic heterocycles. The highest BCUT2D eigenvalue weighted by atomic mass is 16.5. The third-order valence-corrected chi connectivity index (χ3v) is 8.06. The minimum absolute atomic E-state index is 0.0325. The van der Waals surface area contributed by atoms with Gasteiger partial charge in [-0.15, -0.1) is 0 Å². The van der Waals surface area contributed by atoms with Crippen LogP contribution >= 0.6 is 0 Å². The molecule has 3 amide bonds. The van der Waals surface area contributed by atoms with Crippen molar-refractivity contribution in [3.8, 4) is 0 Å². The van der Waals surface area contributed by atoms with Gasteiger partial charge in [0.2, 0.25) is 17.7 Å². The van der Waals surface area contributed by atoms with E-state index in [2.05, 4.69) is 6.92 Å². The average Bonchev–Trinajstić information content (AvgIpc) is 3.09. The Morgan fingerprint density at radius 3 is 2.23 bits per heavy atom. The quantitative estimate of drug-likeness (QED) is 0.377. The molecule has 194 valence electrons. The number of aliphatic hydroxyl groups is 1. The molecule has 35 heavy (non-hydrogen) atoms. The number of carbonyl (C=O) groups is 3. The van der Waals surface area contributed by atoms with Crippen LogP contribution in [0.2, 0.25) is 0 Å². The second kappa shape index (κ2) is 10.4. The predicted molar refractivity (Wildman–Crippen MR) is 132 cm³/mol. The summed E-state index contributed by atoms with van der Waals surface area (Å²) in [5.41, 5.74) is -2.14. The van der Waals surface area contributed by atoms with E-state index in [9.17, 15) is 19.5 Å². The lowest BCUT2D eigenvalue weighted by Crippen LogP contribution is -2.56. The van der Waals surface area contributed by atoms with Crippen molar-refractivity contribution in [3.05, 3.63) is 24.3 Å². The number of rotatable bonds is 10. The number of amides is 3. The van der Waals surface area contributed by atoms with E-state index in [1.54, 1.807) is 4.90 Å². The van der Waals surface area contributed by atoms with Gasteiger partial charge in [0.05, 0.1) is 17.4 Å². The fourth-order valence-corrected chi connectivity index (χ4v) is 6.48. The lowest BCUT2D eigenvalue weighted by Gasteiger charge is -2.37. The van der Waals surface area contributed by atoms with Gasteiger partial charge >= 0.3 is 0 Å². The SMILES string of the molecule is CCCCCN1CC=C[C@]23O[C@@]4(C)C=CCN(CCC)C(=O)[C@H]4[C@H]2C(=O)N(CCCCO)C3C1=O. The third kappa shape index (κ3) is 4.33. The number of ether oxygens (including phenoxy) is 1. The molecule has 4 rings (SSSR count). The number of carbonyl (C=O) groups excluding carboxylic acids is 3. The molecule has 1 spiro atoms. The van der Waals surface area contributed by atoms with Crippen LogP contribution in [0.3, 0.4) is 0 Å². The molecule has 0 saturated carbocycles. The molecule has 5 atom stereocenters. The summed E-state index contributed by atoms with van der Waals surface area (Å²) < 4.78 is 6.80. The topological polar surface area (TPSA) is 90.4 Å². The first-order valence-corrected chi connectivity index (χ1v) is 13.4. The van der Waals surface area contributed by atoms with Gasteiger partial charge in [0.15, 0.2) is 0 Å². The molecular weight excluding hydrogens is 446 g/mol. The van der Waals surface area contributed by atoms with Gasteiger partial charge in [-0.3, -0.25) is 14.4 Å². The van der Waals surface area contributed by atoms with E-state index >= 15 is 0 Å². The summed E-state index contributed by atoms with van der Waals surface area (Å²) >= 11 is 0. The van der Waals surface area contributed by atoms with Crippen LogP contribution in [0.1, 0.15) is 59.3 Å². The van der Waals surface area contributed by atoms with Crippen molar-refractivity contribution in [3.63, 3.8) is 0 Å². The Kier molecular flexibility index (Phi) is 7.71. The smallest absolute Gasteiger partial charge is 0.249 e. The van der Waals surface area contributed by atoms with Crippen molar-refractivity contribution in [2.45, 2.75) is 76.5 Å². The minimum Gasteiger partial charge on any atom is -0.396 e. The molecule has 0 aliphatic carbocycles. The molecule has 2 saturated heterocycles. The lowest BCUT2D eigenvalue weighted by atomic mass is 9.74. The number of nitrogens with zero attached hydrogens (tertiary/aromatic N) is 3. The minimum atomic E-state index is -1.18. The first-order chi connectivity index (χ1) is 16.8. The summed E-state index contributed by atoms with van der Waals surface area (Å²) in [5.74, 6) is -1.80. The van der Waals surface area contributed by atoms with E-state index < -0.39 is 29.1 Å². The second-order valence-corrected chi connectivity index (χ2v) is 10.5. The van der Waals surface area contributed by atoms with E-state index in [0.717, 1.165) is 25.7 Å². The van der Waals surface area contributed by atoms with Crippen LogP contribution in [-0.2, 0) is 19.1 Å². The molecule has 4 aliphatic rings. The fourth-order valence-electron chi connectivity index (χ4n) is 6.48. The molecule has 0 radical (unpaired) electrons. The maximum Gasteiger partial charge on any atom is 0.249 e. The molecule has 1 unspecified atom stereocenters. The standard InChI is InChI=1S/C27H41N3O5/c1-4-6-7-15-29-17-11-13-27-21(24(33)30(18-8-9-19-31)22(27)25(29)34)20-23(32)28(14-5-2)16-10-12-26(20,3)35-27/h10-13,20-22,31H,4-9,14-19H2,1-3H3/t20-,21+,22?,26+,27+/m1/s1. The Hall–Kier alpha value is -2.19. The van der Waals surface area contributed by atoms with Gasteiger partial charge in [-0.25, -0.2) is 0 Å². The van der Waals surface area contributed by atoms with Gasteiger partial charge < -0.3 is 24.5 Å². The first-order valence-electron chi connectivity index (χ1n) is 13.4. The Balaban J connectivity index is 1.76. The summed E-state index contributed by atoms with van der Waals surface area (Å²) in [4.78, 5) is 47.2. The predicted octanol–water partition coefficient (Wildman–Crippen LogP) is 2.13. The van der Waals surface area contributed by atoms with Crippen LogP contribution in [0.4, 0.5) is 0 Å². The molecule has 0 aromatic carbocycles. The zero-order chi connectivity index (χ0) is 25.2. The summed E-state index contributed by atoms with van der Waals surface area (Å²) in [6.45, 7) is 8.67. The Labute approximate surface area is 208 Å². The van der Waals surface area contributed by atoms with Gasteiger partial charge in [-0.2, -0.15) is 0 Å². The molecule has 0 aromatic rings. The molecule has 2 fully saturated rings. The summed E-state index contributed by atoms with van der Waals surface area (Å²) in [7, 11) is 0. The average molecular weight is 488 g/mol. The number of unbranched alkanes of at least 4 members (excludes halogenated alkanes) is 3. The van der Waals surface area contributed by atoms with Gasteiger partial charge in [0.1, 0.15) is 11.6 Å². The van der Waals surface area contributed by atoms with E-state index in [0.29, 0.717) is 45.6 Å². The van der Waals surface area contributed by atoms with E-state index in [4.69, 9.17) is 4.74 Å². The normalized spacial score (nSPS) is 34.2. The zero-order valence-corrected chi connectivity index (χ0v) is 21.4. The number of hydrogen-bond acceptors (Lipinski definition) is 5. The van der Waals surface area contributed by atoms with Crippen LogP contribution in [0.25, 0.3) is 0 Å². The van der Waals surface area contributed by atoms with Gasteiger partial charge in [-0.1, -0.05) is 51.0 Å². The summed E-state index contributed by atoms with van der Waals surface area (Å²) in [6.07, 6.45) is 12.7. The number of likely N-dealkylation sites (tertiary alicyclic amines) is 1. The second-order valence-electron chi connectivity index (χ2n) is 10.5. The van der Waals surface area contributed by atoms with Crippen LogP contribution in [0.15, 0.2) is 24.3 Å². The van der Waals surface area contributed by atoms with Crippen LogP contribution in [0.5, 0.6) is 0 Å². The molecule has 0 aromatic heterocycles. The van der Waals surface area contributed by atoms with E-state index in [1.165, 1.54) is 0 Å². The maximum absolute atomic E-state index is 14.1. The first kappa shape index (κ1) is 25.9. The third-order valence-electron chi connectivity index (χ3n) is 8.06. The van der Waals surface area contributed by atoms with Crippen molar-refractivity contribution in [1.82, 2.24) is 14.7 Å². The highest BCUT2D eigenvalue weighted by Gasteiger charge is 2.74. The number of aliphatic hydroxyl groups excluding tert-OH is 1. The van der Waals surface area contributed by atoms with Gasteiger partial charge in [-0.05, 0) is 32.6 Å². The Bertz CT molecular complexity index is 888. The van der Waals surface area contributed by atoms with Crippen molar-refractivity contribution < 1.29 is 24.2 Å².